The Morgan fingerprint density at radius 1 is 1.19 bits per heavy atom. The van der Waals surface area contributed by atoms with Crippen molar-refractivity contribution in [2.45, 2.75) is 25.7 Å². The van der Waals surface area contributed by atoms with Gasteiger partial charge in [-0.3, -0.25) is 14.5 Å². The van der Waals surface area contributed by atoms with Crippen molar-refractivity contribution >= 4 is 29.0 Å². The predicted molar refractivity (Wildman–Crippen MR) is 83.0 cm³/mol. The van der Waals surface area contributed by atoms with Crippen LogP contribution in [0.15, 0.2) is 24.3 Å². The molecule has 0 spiro atoms. The quantitative estimate of drug-likeness (QED) is 0.636. The number of carbonyl (C=O) groups is 2. The third kappa shape index (κ3) is 4.53. The highest BCUT2D eigenvalue weighted by Crippen LogP contribution is 2.14. The molecule has 0 unspecified atom stereocenters. The molecule has 112 valence electrons. The number of benzene rings is 1. The maximum Gasteiger partial charge on any atom is 0.229 e. The van der Waals surface area contributed by atoms with E-state index in [4.69, 9.17) is 22.7 Å². The lowest BCUT2D eigenvalue weighted by molar-refractivity contribution is -0.148. The van der Waals surface area contributed by atoms with Gasteiger partial charge in [-0.25, -0.2) is 0 Å². The summed E-state index contributed by atoms with van der Waals surface area (Å²) in [6.45, 7) is 0.596. The molecule has 0 saturated carbocycles. The van der Waals surface area contributed by atoms with Crippen LogP contribution in [0, 0.1) is 0 Å². The van der Waals surface area contributed by atoms with Gasteiger partial charge in [-0.05, 0) is 24.1 Å². The van der Waals surface area contributed by atoms with E-state index in [1.807, 2.05) is 24.3 Å². The number of imide groups is 1. The summed E-state index contributed by atoms with van der Waals surface area (Å²) in [7, 11) is 0. The molecule has 21 heavy (non-hydrogen) atoms. The Bertz CT molecular complexity index is 526. The number of hydrogen-bond acceptors (Lipinski definition) is 4. The second kappa shape index (κ2) is 7.17. The number of nitrogens with zero attached hydrogens (tertiary/aromatic N) is 1. The van der Waals surface area contributed by atoms with E-state index in [1.54, 1.807) is 0 Å². The highest BCUT2D eigenvalue weighted by molar-refractivity contribution is 7.80. The summed E-state index contributed by atoms with van der Waals surface area (Å²) in [4.78, 5) is 25.0. The zero-order valence-electron chi connectivity index (χ0n) is 11.7. The van der Waals surface area contributed by atoms with E-state index < -0.39 is 0 Å². The largest absolute Gasteiger partial charge is 0.492 e. The van der Waals surface area contributed by atoms with Crippen molar-refractivity contribution in [3.63, 3.8) is 0 Å². The summed E-state index contributed by atoms with van der Waals surface area (Å²) in [5, 5.41) is 0. The van der Waals surface area contributed by atoms with Crippen LogP contribution in [-0.4, -0.2) is 34.9 Å². The third-order valence-corrected chi connectivity index (χ3v) is 3.41. The summed E-state index contributed by atoms with van der Waals surface area (Å²) >= 11 is 4.85. The first-order valence-corrected chi connectivity index (χ1v) is 7.30. The Labute approximate surface area is 129 Å². The minimum absolute atomic E-state index is 0.110. The van der Waals surface area contributed by atoms with Crippen LogP contribution in [0.2, 0.25) is 0 Å². The summed E-state index contributed by atoms with van der Waals surface area (Å²) < 4.78 is 5.56. The molecule has 2 amide bonds. The van der Waals surface area contributed by atoms with E-state index in [0.29, 0.717) is 49.6 Å². The molecule has 0 radical (unpaired) electrons. The summed E-state index contributed by atoms with van der Waals surface area (Å²) in [6, 6.07) is 7.44. The fourth-order valence-corrected chi connectivity index (χ4v) is 2.38. The number of ether oxygens (including phenoxy) is 1. The number of amides is 2. The normalized spacial score (nSPS) is 15.1. The summed E-state index contributed by atoms with van der Waals surface area (Å²) in [5.41, 5.74) is 6.51. The van der Waals surface area contributed by atoms with E-state index in [2.05, 4.69) is 0 Å². The first kappa shape index (κ1) is 15.4. The number of piperidine rings is 1. The smallest absolute Gasteiger partial charge is 0.229 e. The van der Waals surface area contributed by atoms with E-state index in [0.717, 1.165) is 5.56 Å². The van der Waals surface area contributed by atoms with Crippen LogP contribution in [0.1, 0.15) is 24.8 Å². The maximum atomic E-state index is 11.6. The summed E-state index contributed by atoms with van der Waals surface area (Å²) in [6.07, 6.45) is 2.10. The topological polar surface area (TPSA) is 72.6 Å². The molecule has 0 aliphatic carbocycles. The zero-order chi connectivity index (χ0) is 15.2. The van der Waals surface area contributed by atoms with E-state index >= 15 is 0 Å². The summed E-state index contributed by atoms with van der Waals surface area (Å²) in [5.74, 6) is 0.474. The molecular formula is C15H18N2O3S. The standard InChI is InChI=1S/C15H18N2O3S/c16-13(21)10-11-4-6-12(7-5-11)20-9-8-17-14(18)2-1-3-15(17)19/h4-7H,1-3,8-10H2,(H2,16,21). The van der Waals surface area contributed by atoms with Crippen molar-refractivity contribution in [1.29, 1.82) is 0 Å². The van der Waals surface area contributed by atoms with Crippen molar-refractivity contribution in [2.24, 2.45) is 5.73 Å². The fourth-order valence-electron chi connectivity index (χ4n) is 2.21. The van der Waals surface area contributed by atoms with Gasteiger partial charge in [0.05, 0.1) is 11.5 Å². The number of thiocarbonyl (C=S) groups is 1. The minimum atomic E-state index is -0.110. The molecule has 0 bridgehead atoms. The molecule has 1 heterocycles. The number of carbonyl (C=O) groups excluding carboxylic acids is 2. The molecule has 1 aromatic carbocycles. The Hall–Kier alpha value is -1.95. The van der Waals surface area contributed by atoms with Gasteiger partial charge in [0.2, 0.25) is 11.8 Å². The average molecular weight is 306 g/mol. The van der Waals surface area contributed by atoms with Crippen LogP contribution in [0.25, 0.3) is 0 Å². The van der Waals surface area contributed by atoms with Gasteiger partial charge in [-0.1, -0.05) is 24.4 Å². The van der Waals surface area contributed by atoms with Gasteiger partial charge >= 0.3 is 0 Å². The molecule has 1 aliphatic rings. The molecule has 1 aromatic rings. The van der Waals surface area contributed by atoms with Gasteiger partial charge in [0, 0.05) is 19.3 Å². The Morgan fingerprint density at radius 2 is 1.81 bits per heavy atom. The van der Waals surface area contributed by atoms with Crippen molar-refractivity contribution < 1.29 is 14.3 Å². The monoisotopic (exact) mass is 306 g/mol. The van der Waals surface area contributed by atoms with Crippen molar-refractivity contribution in [3.05, 3.63) is 29.8 Å². The fraction of sp³-hybridized carbons (Fsp3) is 0.400. The second-order valence-corrected chi connectivity index (χ2v) is 5.45. The number of likely N-dealkylation sites (tertiary alicyclic amines) is 1. The van der Waals surface area contributed by atoms with Gasteiger partial charge in [0.1, 0.15) is 12.4 Å². The van der Waals surface area contributed by atoms with Gasteiger partial charge in [0.15, 0.2) is 0 Å². The van der Waals surface area contributed by atoms with Crippen LogP contribution >= 0.6 is 12.2 Å². The Balaban J connectivity index is 1.81. The predicted octanol–water partition coefficient (Wildman–Crippen LogP) is 1.43. The van der Waals surface area contributed by atoms with Crippen LogP contribution < -0.4 is 10.5 Å². The lowest BCUT2D eigenvalue weighted by Crippen LogP contribution is -2.42. The Kier molecular flexibility index (Phi) is 5.27. The SMILES string of the molecule is NC(=S)Cc1ccc(OCCN2C(=O)CCCC2=O)cc1. The first-order valence-electron chi connectivity index (χ1n) is 6.89. The van der Waals surface area contributed by atoms with E-state index in [1.165, 1.54) is 4.90 Å². The lowest BCUT2D eigenvalue weighted by Gasteiger charge is -2.24. The highest BCUT2D eigenvalue weighted by atomic mass is 32.1. The maximum absolute atomic E-state index is 11.6. The Morgan fingerprint density at radius 3 is 2.38 bits per heavy atom. The minimum Gasteiger partial charge on any atom is -0.492 e. The van der Waals surface area contributed by atoms with Gasteiger partial charge in [-0.15, -0.1) is 0 Å². The van der Waals surface area contributed by atoms with Crippen molar-refractivity contribution in [1.82, 2.24) is 4.90 Å². The lowest BCUT2D eigenvalue weighted by atomic mass is 10.1. The number of nitrogens with two attached hydrogens (primary N) is 1. The molecule has 2 rings (SSSR count). The van der Waals surface area contributed by atoms with Gasteiger partial charge in [0.25, 0.3) is 0 Å². The second-order valence-electron chi connectivity index (χ2n) is 4.93. The van der Waals surface area contributed by atoms with Crippen LogP contribution in [-0.2, 0) is 16.0 Å². The van der Waals surface area contributed by atoms with Crippen molar-refractivity contribution in [2.75, 3.05) is 13.2 Å². The third-order valence-electron chi connectivity index (χ3n) is 3.27. The first-order chi connectivity index (χ1) is 10.1. The zero-order valence-corrected chi connectivity index (χ0v) is 12.5. The van der Waals surface area contributed by atoms with Crippen LogP contribution in [0.4, 0.5) is 0 Å². The number of hydrogen-bond donors (Lipinski definition) is 1. The molecule has 6 heteroatoms. The number of rotatable bonds is 6. The molecular weight excluding hydrogens is 288 g/mol. The molecule has 1 aliphatic heterocycles. The average Bonchev–Trinajstić information content (AvgIpc) is 2.43. The molecule has 2 N–H and O–H groups in total. The van der Waals surface area contributed by atoms with E-state index in [-0.39, 0.29) is 11.8 Å². The van der Waals surface area contributed by atoms with Crippen LogP contribution in [0.5, 0.6) is 5.75 Å². The molecule has 5 nitrogen and oxygen atoms in total. The molecule has 1 saturated heterocycles. The van der Waals surface area contributed by atoms with Crippen LogP contribution in [0.3, 0.4) is 0 Å². The molecule has 1 fully saturated rings. The van der Waals surface area contributed by atoms with E-state index in [9.17, 15) is 9.59 Å². The van der Waals surface area contributed by atoms with Gasteiger partial charge in [-0.2, -0.15) is 0 Å². The highest BCUT2D eigenvalue weighted by Gasteiger charge is 2.25. The van der Waals surface area contributed by atoms with Crippen molar-refractivity contribution in [3.8, 4) is 5.75 Å². The molecule has 0 atom stereocenters. The molecule has 0 aromatic heterocycles. The van der Waals surface area contributed by atoms with Gasteiger partial charge < -0.3 is 10.5 Å².